The van der Waals surface area contributed by atoms with E-state index in [-0.39, 0.29) is 28.7 Å². The minimum atomic E-state index is -4.20. The van der Waals surface area contributed by atoms with Gasteiger partial charge in [-0.25, -0.2) is 17.5 Å². The van der Waals surface area contributed by atoms with Crippen LogP contribution in [0, 0.1) is 12.8 Å². The maximum Gasteiger partial charge on any atom is 0.342 e. The predicted octanol–water partition coefficient (Wildman–Crippen LogP) is 5.78. The normalized spacial score (nSPS) is 14.7. The van der Waals surface area contributed by atoms with E-state index in [1.54, 1.807) is 50.2 Å². The summed E-state index contributed by atoms with van der Waals surface area (Å²) in [5.41, 5.74) is 1.84. The van der Waals surface area contributed by atoms with Crippen LogP contribution in [0.4, 0.5) is 5.69 Å². The quantitative estimate of drug-likeness (QED) is 0.384. The minimum Gasteiger partial charge on any atom is -0.462 e. The van der Waals surface area contributed by atoms with Crippen LogP contribution in [0.1, 0.15) is 67.6 Å². The highest BCUT2D eigenvalue weighted by Gasteiger charge is 2.36. The molecule has 0 bridgehead atoms. The van der Waals surface area contributed by atoms with Crippen LogP contribution in [0.15, 0.2) is 51.8 Å². The van der Waals surface area contributed by atoms with E-state index in [0.29, 0.717) is 29.6 Å². The minimum absolute atomic E-state index is 0.0490. The summed E-state index contributed by atoms with van der Waals surface area (Å²) >= 11 is 0. The van der Waals surface area contributed by atoms with Crippen LogP contribution < -0.4 is 4.31 Å². The van der Waals surface area contributed by atoms with Gasteiger partial charge in [-0.15, -0.1) is 0 Å². The molecule has 0 spiro atoms. The van der Waals surface area contributed by atoms with E-state index in [9.17, 15) is 18.0 Å². The van der Waals surface area contributed by atoms with Gasteiger partial charge < -0.3 is 9.15 Å². The zero-order valence-corrected chi connectivity index (χ0v) is 21.2. The van der Waals surface area contributed by atoms with Crippen LogP contribution in [0.5, 0.6) is 0 Å². The molecule has 0 radical (unpaired) electrons. The molecule has 0 aliphatic heterocycles. The summed E-state index contributed by atoms with van der Waals surface area (Å²) in [6.07, 6.45) is 4.91. The Bertz CT molecular complexity index is 1330. The monoisotopic (exact) mass is 497 g/mol. The van der Waals surface area contributed by atoms with Gasteiger partial charge in [-0.3, -0.25) is 4.79 Å². The number of aryl methyl sites for hydroxylation is 2. The SMILES string of the molecule is CCOC(=O)c1c(C)oc2ccc(N(C(=O)C3CCCCC3)S(=O)(=O)c3ccc(CC)cc3)cc12. The standard InChI is InChI=1S/C27H31NO6S/c1-4-19-11-14-22(15-12-19)35(31,32)28(26(29)20-9-7-6-8-10-20)21-13-16-24-23(17-21)25(18(3)34-24)27(30)33-5-2/h11-17,20H,4-10H2,1-3H3. The topological polar surface area (TPSA) is 93.9 Å². The summed E-state index contributed by atoms with van der Waals surface area (Å²) in [5, 5.41) is 0.413. The number of rotatable bonds is 7. The van der Waals surface area contributed by atoms with E-state index in [0.717, 1.165) is 35.6 Å². The van der Waals surface area contributed by atoms with Gasteiger partial charge in [0.15, 0.2) is 0 Å². The largest absolute Gasteiger partial charge is 0.462 e. The van der Waals surface area contributed by atoms with E-state index in [2.05, 4.69) is 0 Å². The van der Waals surface area contributed by atoms with Crippen molar-refractivity contribution in [2.45, 2.75) is 64.2 Å². The molecule has 186 valence electrons. The van der Waals surface area contributed by atoms with Gasteiger partial charge in [0.2, 0.25) is 5.91 Å². The number of esters is 1. The molecule has 1 saturated carbocycles. The molecule has 1 aliphatic carbocycles. The van der Waals surface area contributed by atoms with Gasteiger partial charge in [-0.1, -0.05) is 38.3 Å². The van der Waals surface area contributed by atoms with Crippen molar-refractivity contribution in [1.82, 2.24) is 0 Å². The summed E-state index contributed by atoms with van der Waals surface area (Å²) in [7, 11) is -4.20. The molecule has 0 N–H and O–H groups in total. The van der Waals surface area contributed by atoms with E-state index in [1.165, 1.54) is 6.07 Å². The number of ether oxygens (including phenoxy) is 1. The molecule has 8 heteroatoms. The first-order valence-electron chi connectivity index (χ1n) is 12.2. The van der Waals surface area contributed by atoms with Crippen molar-refractivity contribution in [2.24, 2.45) is 5.92 Å². The average molecular weight is 498 g/mol. The van der Waals surface area contributed by atoms with Crippen LogP contribution in [0.3, 0.4) is 0 Å². The lowest BCUT2D eigenvalue weighted by Crippen LogP contribution is -2.41. The summed E-state index contributed by atoms with van der Waals surface area (Å²) in [4.78, 5) is 26.4. The lowest BCUT2D eigenvalue weighted by Gasteiger charge is -2.29. The number of carbonyl (C=O) groups excluding carboxylic acids is 2. The molecule has 0 unspecified atom stereocenters. The zero-order chi connectivity index (χ0) is 25.2. The third-order valence-corrected chi connectivity index (χ3v) is 8.33. The summed E-state index contributed by atoms with van der Waals surface area (Å²) < 4.78 is 39.6. The second-order valence-corrected chi connectivity index (χ2v) is 10.7. The third-order valence-electron chi connectivity index (χ3n) is 6.59. The van der Waals surface area contributed by atoms with Gasteiger partial charge in [-0.05, 0) is 69.0 Å². The third kappa shape index (κ3) is 4.85. The van der Waals surface area contributed by atoms with Crippen molar-refractivity contribution >= 4 is 38.6 Å². The van der Waals surface area contributed by atoms with E-state index in [1.807, 2.05) is 6.92 Å². The fraction of sp³-hybridized carbons (Fsp3) is 0.407. The Balaban J connectivity index is 1.86. The summed E-state index contributed by atoms with van der Waals surface area (Å²) in [6, 6.07) is 11.3. The Morgan fingerprint density at radius 2 is 1.71 bits per heavy atom. The lowest BCUT2D eigenvalue weighted by molar-refractivity contribution is -0.122. The Labute approximate surface area is 206 Å². The van der Waals surface area contributed by atoms with Gasteiger partial charge in [0, 0.05) is 11.3 Å². The molecular weight excluding hydrogens is 466 g/mol. The van der Waals surface area contributed by atoms with Crippen molar-refractivity contribution < 1.29 is 27.2 Å². The fourth-order valence-electron chi connectivity index (χ4n) is 4.69. The molecular formula is C27H31NO6S. The lowest BCUT2D eigenvalue weighted by atomic mass is 9.88. The number of fused-ring (bicyclic) bond motifs is 1. The Morgan fingerprint density at radius 1 is 1.03 bits per heavy atom. The first-order valence-corrected chi connectivity index (χ1v) is 13.6. The molecule has 2 aromatic carbocycles. The molecule has 1 aliphatic rings. The molecule has 35 heavy (non-hydrogen) atoms. The summed E-state index contributed by atoms with van der Waals surface area (Å²) in [5.74, 6) is -0.996. The van der Waals surface area contributed by atoms with E-state index >= 15 is 0 Å². The average Bonchev–Trinajstić information content (AvgIpc) is 3.19. The van der Waals surface area contributed by atoms with Crippen molar-refractivity contribution in [2.75, 3.05) is 10.9 Å². The number of anilines is 1. The van der Waals surface area contributed by atoms with Gasteiger partial charge in [0.05, 0.1) is 17.2 Å². The zero-order valence-electron chi connectivity index (χ0n) is 20.4. The van der Waals surface area contributed by atoms with E-state index < -0.39 is 21.9 Å². The smallest absolute Gasteiger partial charge is 0.342 e. The fourth-order valence-corrected chi connectivity index (χ4v) is 6.16. The number of amides is 1. The van der Waals surface area contributed by atoms with Crippen LogP contribution in [-0.2, 0) is 26.0 Å². The molecule has 1 heterocycles. The number of sulfonamides is 1. The molecule has 0 atom stereocenters. The Kier molecular flexibility index (Phi) is 7.31. The van der Waals surface area contributed by atoms with Crippen LogP contribution >= 0.6 is 0 Å². The van der Waals surface area contributed by atoms with Crippen LogP contribution in [-0.4, -0.2) is 26.9 Å². The number of hydrogen-bond acceptors (Lipinski definition) is 6. The molecule has 1 fully saturated rings. The highest BCUT2D eigenvalue weighted by atomic mass is 32.2. The molecule has 1 amide bonds. The number of carbonyl (C=O) groups is 2. The van der Waals surface area contributed by atoms with Crippen molar-refractivity contribution in [1.29, 1.82) is 0 Å². The van der Waals surface area contributed by atoms with Crippen molar-refractivity contribution in [3.8, 4) is 0 Å². The number of nitrogens with zero attached hydrogens (tertiary/aromatic N) is 1. The predicted molar refractivity (Wildman–Crippen MR) is 134 cm³/mol. The van der Waals surface area contributed by atoms with Gasteiger partial charge >= 0.3 is 5.97 Å². The van der Waals surface area contributed by atoms with Crippen molar-refractivity contribution in [3.63, 3.8) is 0 Å². The Hall–Kier alpha value is -3.13. The summed E-state index contributed by atoms with van der Waals surface area (Å²) in [6.45, 7) is 5.55. The molecule has 0 saturated heterocycles. The molecule has 1 aromatic heterocycles. The highest BCUT2D eigenvalue weighted by molar-refractivity contribution is 7.93. The molecule has 3 aromatic rings. The van der Waals surface area contributed by atoms with Crippen molar-refractivity contribution in [3.05, 3.63) is 59.4 Å². The van der Waals surface area contributed by atoms with Gasteiger partial charge in [0.25, 0.3) is 10.0 Å². The first kappa shape index (κ1) is 25.0. The van der Waals surface area contributed by atoms with Gasteiger partial charge in [0.1, 0.15) is 16.9 Å². The maximum absolute atomic E-state index is 13.9. The number of hydrogen-bond donors (Lipinski definition) is 0. The molecule has 7 nitrogen and oxygen atoms in total. The highest BCUT2D eigenvalue weighted by Crippen LogP contribution is 2.35. The maximum atomic E-state index is 13.9. The van der Waals surface area contributed by atoms with Gasteiger partial charge in [-0.2, -0.15) is 0 Å². The second-order valence-electron chi connectivity index (χ2n) is 8.87. The second kappa shape index (κ2) is 10.2. The van der Waals surface area contributed by atoms with Crippen LogP contribution in [0.2, 0.25) is 0 Å². The first-order chi connectivity index (χ1) is 16.8. The Morgan fingerprint density at radius 3 is 2.34 bits per heavy atom. The number of furan rings is 1. The molecule has 4 rings (SSSR count). The van der Waals surface area contributed by atoms with E-state index in [4.69, 9.17) is 9.15 Å². The number of benzene rings is 2. The van der Waals surface area contributed by atoms with Crippen LogP contribution in [0.25, 0.3) is 11.0 Å².